The van der Waals surface area contributed by atoms with Crippen molar-refractivity contribution < 1.29 is 23.1 Å². The lowest BCUT2D eigenvalue weighted by atomic mass is 9.94. The molecule has 1 atom stereocenters. The monoisotopic (exact) mass is 446 g/mol. The molecule has 0 aliphatic rings. The smallest absolute Gasteiger partial charge is 0.399 e. The first-order valence-electron chi connectivity index (χ1n) is 7.69. The molecule has 26 heavy (non-hydrogen) atoms. The van der Waals surface area contributed by atoms with Crippen molar-refractivity contribution in [2.75, 3.05) is 0 Å². The third-order valence-corrected chi connectivity index (χ3v) is 4.68. The Labute approximate surface area is 162 Å². The van der Waals surface area contributed by atoms with Crippen molar-refractivity contribution in [1.82, 2.24) is 0 Å². The third-order valence-electron chi connectivity index (χ3n) is 3.80. The molecule has 0 fully saturated rings. The number of rotatable bonds is 5. The molecule has 0 aliphatic carbocycles. The first-order chi connectivity index (χ1) is 12.1. The minimum absolute atomic E-state index is 0.0388. The molecule has 2 rings (SSSR count). The second-order valence-electron chi connectivity index (χ2n) is 5.67. The van der Waals surface area contributed by atoms with E-state index in [1.165, 1.54) is 36.4 Å². The van der Waals surface area contributed by atoms with E-state index in [0.717, 1.165) is 11.6 Å². The number of benzene rings is 2. The molecule has 0 aliphatic heterocycles. The maximum atomic E-state index is 13.5. The average molecular weight is 448 g/mol. The Morgan fingerprint density at radius 2 is 1.96 bits per heavy atom. The topological polar surface area (TPSA) is 37.3 Å². The Morgan fingerprint density at radius 3 is 2.50 bits per heavy atom. The fourth-order valence-corrected chi connectivity index (χ4v) is 3.32. The molecule has 138 valence electrons. The summed E-state index contributed by atoms with van der Waals surface area (Å²) in [6, 6.07) is 8.70. The molecule has 1 N–H and O–H groups in total. The fourth-order valence-electron chi connectivity index (χ4n) is 2.48. The van der Waals surface area contributed by atoms with Crippen LogP contribution in [0.15, 0.2) is 46.9 Å². The summed E-state index contributed by atoms with van der Waals surface area (Å²) >= 11 is 9.07. The van der Waals surface area contributed by atoms with Crippen LogP contribution in [-0.2, 0) is 6.42 Å². The van der Waals surface area contributed by atoms with Crippen LogP contribution in [0.1, 0.15) is 39.9 Å². The highest BCUT2D eigenvalue weighted by Crippen LogP contribution is 2.38. The molecule has 0 bridgehead atoms. The van der Waals surface area contributed by atoms with E-state index >= 15 is 0 Å². The number of halogens is 5. The molecule has 2 aromatic rings. The van der Waals surface area contributed by atoms with Gasteiger partial charge in [-0.3, -0.25) is 0 Å². The lowest BCUT2D eigenvalue weighted by Crippen LogP contribution is -2.19. The summed E-state index contributed by atoms with van der Waals surface area (Å²) in [5, 5.41) is 9.26. The number of aromatic carboxylic acids is 1. The number of aryl methyl sites for hydroxylation is 1. The number of carboxylic acids is 1. The minimum atomic E-state index is -4.48. The second kappa shape index (κ2) is 8.27. The average Bonchev–Trinajstić information content (AvgIpc) is 2.53. The van der Waals surface area contributed by atoms with Crippen molar-refractivity contribution in [2.24, 2.45) is 0 Å². The number of alkyl halides is 3. The Morgan fingerprint density at radius 1 is 1.27 bits per heavy atom. The normalized spacial score (nSPS) is 13.2. The predicted octanol–water partition coefficient (Wildman–Crippen LogP) is 6.72. The van der Waals surface area contributed by atoms with Gasteiger partial charge in [-0.05, 0) is 63.3 Å². The highest BCUT2D eigenvalue weighted by atomic mass is 79.9. The zero-order chi connectivity index (χ0) is 19.5. The summed E-state index contributed by atoms with van der Waals surface area (Å²) in [6.45, 7) is 1.84. The maximum Gasteiger partial charge on any atom is 0.399 e. The molecule has 1 unspecified atom stereocenters. The third kappa shape index (κ3) is 5.11. The van der Waals surface area contributed by atoms with Gasteiger partial charge in [0.2, 0.25) is 0 Å². The van der Waals surface area contributed by atoms with E-state index in [0.29, 0.717) is 16.5 Å². The molecule has 0 heterocycles. The summed E-state index contributed by atoms with van der Waals surface area (Å²) in [7, 11) is 0. The predicted molar refractivity (Wildman–Crippen MR) is 99.8 cm³/mol. The van der Waals surface area contributed by atoms with Gasteiger partial charge < -0.3 is 5.11 Å². The van der Waals surface area contributed by atoms with Gasteiger partial charge in [-0.1, -0.05) is 42.8 Å². The summed E-state index contributed by atoms with van der Waals surface area (Å²) in [5.41, 5.74) is 1.29. The zero-order valence-electron chi connectivity index (χ0n) is 13.6. The van der Waals surface area contributed by atoms with Gasteiger partial charge in [0.05, 0.1) is 11.5 Å². The first-order valence-corrected chi connectivity index (χ1v) is 8.86. The van der Waals surface area contributed by atoms with E-state index in [1.807, 2.05) is 6.92 Å². The maximum absolute atomic E-state index is 13.5. The molecule has 2 aromatic carbocycles. The van der Waals surface area contributed by atoms with Crippen molar-refractivity contribution in [3.05, 3.63) is 74.2 Å². The second-order valence-corrected chi connectivity index (χ2v) is 6.96. The van der Waals surface area contributed by atoms with Crippen LogP contribution >= 0.6 is 27.5 Å². The molecule has 2 nitrogen and oxygen atoms in total. The Hall–Kier alpha value is -1.79. The van der Waals surface area contributed by atoms with E-state index in [-0.39, 0.29) is 16.1 Å². The van der Waals surface area contributed by atoms with Crippen LogP contribution in [0.3, 0.4) is 0 Å². The lowest BCUT2D eigenvalue weighted by Gasteiger charge is -2.18. The van der Waals surface area contributed by atoms with E-state index in [1.54, 1.807) is 6.07 Å². The van der Waals surface area contributed by atoms with Crippen molar-refractivity contribution in [1.29, 1.82) is 0 Å². The van der Waals surface area contributed by atoms with Gasteiger partial charge in [0.1, 0.15) is 0 Å². The number of hydrogen-bond donors (Lipinski definition) is 1. The van der Waals surface area contributed by atoms with E-state index in [9.17, 15) is 18.0 Å². The highest BCUT2D eigenvalue weighted by molar-refractivity contribution is 9.10. The van der Waals surface area contributed by atoms with Gasteiger partial charge in [0.15, 0.2) is 0 Å². The van der Waals surface area contributed by atoms with Crippen LogP contribution < -0.4 is 0 Å². The van der Waals surface area contributed by atoms with Crippen LogP contribution in [-0.4, -0.2) is 17.3 Å². The van der Waals surface area contributed by atoms with Crippen LogP contribution in [0.5, 0.6) is 0 Å². The van der Waals surface area contributed by atoms with Gasteiger partial charge in [0.25, 0.3) is 0 Å². The summed E-state index contributed by atoms with van der Waals surface area (Å²) < 4.78 is 40.9. The Kier molecular flexibility index (Phi) is 6.53. The van der Waals surface area contributed by atoms with E-state index < -0.39 is 18.1 Å². The quantitative estimate of drug-likeness (QED) is 0.552. The Bertz CT molecular complexity index is 847. The minimum Gasteiger partial charge on any atom is -0.478 e. The van der Waals surface area contributed by atoms with Gasteiger partial charge in [0, 0.05) is 9.50 Å². The fraction of sp³-hybridized carbons (Fsp3) is 0.211. The zero-order valence-corrected chi connectivity index (χ0v) is 16.0. The first kappa shape index (κ1) is 20.5. The number of carboxylic acid groups (broad SMARTS) is 1. The molecule has 0 saturated carbocycles. The number of carbonyl (C=O) groups is 1. The molecule has 0 radical (unpaired) electrons. The van der Waals surface area contributed by atoms with Crippen LogP contribution in [0.4, 0.5) is 13.2 Å². The highest BCUT2D eigenvalue weighted by Gasteiger charge is 2.39. The molecule has 0 spiro atoms. The van der Waals surface area contributed by atoms with Gasteiger partial charge in [-0.15, -0.1) is 0 Å². The number of allylic oxidation sites excluding steroid dienone is 1. The van der Waals surface area contributed by atoms with Crippen LogP contribution in [0.2, 0.25) is 5.02 Å². The van der Waals surface area contributed by atoms with E-state index in [2.05, 4.69) is 15.9 Å². The Balaban J connectivity index is 2.41. The molecule has 0 aromatic heterocycles. The summed E-state index contributed by atoms with van der Waals surface area (Å²) in [4.78, 5) is 11.0. The SMILES string of the molecule is CCc1cc(Cl)cc(C(C=Cc2ccc(C(=O)O)c(Br)c2)C(F)(F)F)c1. The number of hydrogen-bond acceptors (Lipinski definition) is 1. The van der Waals surface area contributed by atoms with E-state index in [4.69, 9.17) is 16.7 Å². The molecule has 7 heteroatoms. The van der Waals surface area contributed by atoms with Crippen molar-refractivity contribution in [3.8, 4) is 0 Å². The molecule has 0 saturated heterocycles. The van der Waals surface area contributed by atoms with Crippen LogP contribution in [0.25, 0.3) is 6.08 Å². The largest absolute Gasteiger partial charge is 0.478 e. The van der Waals surface area contributed by atoms with Crippen LogP contribution in [0, 0.1) is 0 Å². The van der Waals surface area contributed by atoms with Gasteiger partial charge >= 0.3 is 12.1 Å². The summed E-state index contributed by atoms with van der Waals surface area (Å²) in [6.07, 6.45) is -1.54. The molecule has 0 amide bonds. The van der Waals surface area contributed by atoms with Gasteiger partial charge in [-0.2, -0.15) is 13.2 Å². The lowest BCUT2D eigenvalue weighted by molar-refractivity contribution is -0.139. The van der Waals surface area contributed by atoms with Crippen molar-refractivity contribution in [2.45, 2.75) is 25.4 Å². The van der Waals surface area contributed by atoms with Crippen molar-refractivity contribution in [3.63, 3.8) is 0 Å². The summed E-state index contributed by atoms with van der Waals surface area (Å²) in [5.74, 6) is -2.93. The molecular formula is C19H15BrClF3O2. The van der Waals surface area contributed by atoms with Gasteiger partial charge in [-0.25, -0.2) is 4.79 Å². The standard InChI is InChI=1S/C19H15BrClF3O2/c1-2-11-7-13(10-14(21)8-11)16(19(22,23)24)6-4-12-3-5-15(18(25)26)17(20)9-12/h3-10,16H,2H2,1H3,(H,25,26). The van der Waals surface area contributed by atoms with Crippen molar-refractivity contribution >= 4 is 39.6 Å². The molecular weight excluding hydrogens is 433 g/mol.